The maximum absolute atomic E-state index is 10.0. The fourth-order valence-corrected chi connectivity index (χ4v) is 4.66. The van der Waals surface area contributed by atoms with Crippen molar-refractivity contribution in [1.82, 2.24) is 4.90 Å². The quantitative estimate of drug-likeness (QED) is 0.771. The molecule has 7 nitrogen and oxygen atoms in total. The smallest absolute Gasteiger partial charge is 0.203 e. The summed E-state index contributed by atoms with van der Waals surface area (Å²) in [6, 6.07) is 12.0. The van der Waals surface area contributed by atoms with Crippen molar-refractivity contribution in [2.75, 3.05) is 27.3 Å². The van der Waals surface area contributed by atoms with E-state index in [0.29, 0.717) is 30.2 Å². The van der Waals surface area contributed by atoms with Crippen LogP contribution >= 0.6 is 0 Å². The van der Waals surface area contributed by atoms with Crippen LogP contribution in [0, 0.1) is 56.7 Å². The largest absolute Gasteiger partial charge is 0.497 e. The summed E-state index contributed by atoms with van der Waals surface area (Å²) in [5.41, 5.74) is -0.452. The summed E-state index contributed by atoms with van der Waals surface area (Å²) in [7, 11) is 3.13. The highest BCUT2D eigenvalue weighted by Crippen LogP contribution is 2.54. The van der Waals surface area contributed by atoms with Gasteiger partial charge in [-0.2, -0.15) is 15.8 Å². The Balaban J connectivity index is 2.25. The Morgan fingerprint density at radius 2 is 1.87 bits per heavy atom. The van der Waals surface area contributed by atoms with Gasteiger partial charge in [0, 0.05) is 37.0 Å². The second kappa shape index (κ2) is 8.19. The van der Waals surface area contributed by atoms with E-state index in [1.54, 1.807) is 26.4 Å². The van der Waals surface area contributed by atoms with Crippen LogP contribution in [0.1, 0.15) is 25.3 Å². The minimum atomic E-state index is -1.70. The third-order valence-electron chi connectivity index (χ3n) is 6.32. The van der Waals surface area contributed by atoms with E-state index >= 15 is 0 Å². The van der Waals surface area contributed by atoms with Crippen LogP contribution in [0.25, 0.3) is 0 Å². The fourth-order valence-electron chi connectivity index (χ4n) is 4.66. The summed E-state index contributed by atoms with van der Waals surface area (Å²) in [5, 5.41) is 38.6. The first kappa shape index (κ1) is 21.4. The molecule has 30 heavy (non-hydrogen) atoms. The van der Waals surface area contributed by atoms with Gasteiger partial charge < -0.3 is 14.9 Å². The molecule has 3 rings (SSSR count). The summed E-state index contributed by atoms with van der Waals surface area (Å²) in [4.78, 5) is 2.25. The van der Waals surface area contributed by atoms with Crippen molar-refractivity contribution in [3.63, 3.8) is 0 Å². The first-order chi connectivity index (χ1) is 14.4. The maximum Gasteiger partial charge on any atom is 0.203 e. The molecule has 1 heterocycles. The molecule has 2 aliphatic rings. The zero-order valence-corrected chi connectivity index (χ0v) is 17.6. The zero-order chi connectivity index (χ0) is 22.1. The van der Waals surface area contributed by atoms with Crippen molar-refractivity contribution in [3.8, 4) is 29.7 Å². The number of rotatable bonds is 4. The molecule has 0 aromatic heterocycles. The lowest BCUT2D eigenvalue weighted by Gasteiger charge is -2.48. The predicted octanol–water partition coefficient (Wildman–Crippen LogP) is 3.26. The number of nitrogens with zero attached hydrogens (tertiary/aromatic N) is 4. The van der Waals surface area contributed by atoms with E-state index < -0.39 is 17.3 Å². The molecule has 0 amide bonds. The topological polar surface area (TPSA) is 117 Å². The molecule has 154 valence electrons. The number of fused-ring (bicyclic) bond motifs is 1. The van der Waals surface area contributed by atoms with Crippen LogP contribution in [0.15, 0.2) is 29.8 Å². The van der Waals surface area contributed by atoms with Gasteiger partial charge in [0.1, 0.15) is 11.5 Å². The first-order valence-corrected chi connectivity index (χ1v) is 9.86. The van der Waals surface area contributed by atoms with E-state index in [0.717, 1.165) is 5.56 Å². The molecule has 7 heteroatoms. The number of hydrogen-bond donors (Lipinski definition) is 1. The van der Waals surface area contributed by atoms with E-state index in [1.165, 1.54) is 0 Å². The number of hydrogen-bond acceptors (Lipinski definition) is 7. The van der Waals surface area contributed by atoms with Gasteiger partial charge in [0.25, 0.3) is 0 Å². The van der Waals surface area contributed by atoms with Gasteiger partial charge in [-0.25, -0.2) is 0 Å². The minimum Gasteiger partial charge on any atom is -0.497 e. The van der Waals surface area contributed by atoms with Gasteiger partial charge in [-0.1, -0.05) is 12.1 Å². The van der Waals surface area contributed by atoms with Crippen molar-refractivity contribution < 1.29 is 9.47 Å². The maximum atomic E-state index is 10.0. The van der Waals surface area contributed by atoms with Crippen molar-refractivity contribution in [2.24, 2.45) is 17.3 Å². The van der Waals surface area contributed by atoms with Gasteiger partial charge >= 0.3 is 0 Å². The molecule has 0 bridgehead atoms. The van der Waals surface area contributed by atoms with E-state index in [9.17, 15) is 15.8 Å². The van der Waals surface area contributed by atoms with Crippen LogP contribution in [-0.4, -0.2) is 44.0 Å². The van der Waals surface area contributed by atoms with Crippen molar-refractivity contribution in [1.29, 1.82) is 21.2 Å². The Kier molecular flexibility index (Phi) is 5.83. The predicted molar refractivity (Wildman–Crippen MR) is 111 cm³/mol. The third-order valence-corrected chi connectivity index (χ3v) is 6.32. The Hall–Kier alpha value is -3.34. The highest BCUT2D eigenvalue weighted by molar-refractivity contribution is 6.01. The summed E-state index contributed by atoms with van der Waals surface area (Å²) in [5.74, 6) is -0.398. The normalized spacial score (nSPS) is 25.3. The second-order valence-electron chi connectivity index (χ2n) is 7.94. The molecular weight excluding hydrogens is 378 g/mol. The van der Waals surface area contributed by atoms with Gasteiger partial charge in [-0.3, -0.25) is 4.90 Å². The summed E-state index contributed by atoms with van der Waals surface area (Å²) >= 11 is 0. The number of methoxy groups -OCH3 is 2. The molecule has 0 saturated heterocycles. The lowest BCUT2D eigenvalue weighted by atomic mass is 9.55. The van der Waals surface area contributed by atoms with Gasteiger partial charge in [-0.05, 0) is 31.1 Å². The Morgan fingerprint density at radius 1 is 1.17 bits per heavy atom. The number of ether oxygens (including phenoxy) is 2. The molecule has 0 spiro atoms. The Labute approximate surface area is 177 Å². The van der Waals surface area contributed by atoms with E-state index in [4.69, 9.17) is 14.9 Å². The van der Waals surface area contributed by atoms with Crippen LogP contribution in [0.2, 0.25) is 0 Å². The summed E-state index contributed by atoms with van der Waals surface area (Å²) in [6.45, 7) is 5.39. The second-order valence-corrected chi connectivity index (χ2v) is 7.94. The average molecular weight is 403 g/mol. The molecular formula is C23H25N5O2. The lowest BCUT2D eigenvalue weighted by Crippen LogP contribution is -2.53. The highest BCUT2D eigenvalue weighted by Gasteiger charge is 2.57. The van der Waals surface area contributed by atoms with E-state index in [2.05, 4.69) is 37.0 Å². The standard InChI is InChI=1S/C23H25N5O2/c1-14(2)28-8-7-19-18(11-28)21(16-6-5-15(29-3)9-20(16)30-4)17(10-24)22(27)23(19,12-25)13-26/h5-7,9,14,17-18,21,27H,8,11H2,1-4H3/t17-,18+,21-/m1/s1. The summed E-state index contributed by atoms with van der Waals surface area (Å²) in [6.07, 6.45) is 1.91. The van der Waals surface area contributed by atoms with Crippen LogP contribution in [0.4, 0.5) is 0 Å². The fraction of sp³-hybridized carbons (Fsp3) is 0.478. The summed E-state index contributed by atoms with van der Waals surface area (Å²) < 4.78 is 10.9. The van der Waals surface area contributed by atoms with Crippen molar-refractivity contribution >= 4 is 5.71 Å². The van der Waals surface area contributed by atoms with Crippen LogP contribution in [0.3, 0.4) is 0 Å². The molecule has 1 saturated carbocycles. The zero-order valence-electron chi connectivity index (χ0n) is 17.6. The van der Waals surface area contributed by atoms with Crippen LogP contribution in [-0.2, 0) is 0 Å². The van der Waals surface area contributed by atoms with Crippen LogP contribution in [0.5, 0.6) is 11.5 Å². The van der Waals surface area contributed by atoms with Crippen LogP contribution < -0.4 is 9.47 Å². The third kappa shape index (κ3) is 3.11. The Bertz CT molecular complexity index is 994. The van der Waals surface area contributed by atoms with E-state index in [-0.39, 0.29) is 17.7 Å². The van der Waals surface area contributed by atoms with E-state index in [1.807, 2.05) is 12.1 Å². The van der Waals surface area contributed by atoms with Crippen molar-refractivity contribution in [2.45, 2.75) is 25.8 Å². The number of nitrogens with one attached hydrogen (secondary N) is 1. The Morgan fingerprint density at radius 3 is 2.40 bits per heavy atom. The molecule has 1 fully saturated rings. The molecule has 1 aliphatic carbocycles. The molecule has 0 unspecified atom stereocenters. The number of nitriles is 3. The molecule has 0 radical (unpaired) electrons. The minimum absolute atomic E-state index is 0.154. The SMILES string of the molecule is COc1ccc([C@@H]2[C@@H](C#N)C(=N)C(C#N)(C#N)C3=CCN(C(C)C)C[C@@H]32)c(OC)c1. The average Bonchev–Trinajstić information content (AvgIpc) is 2.78. The molecule has 1 N–H and O–H groups in total. The first-order valence-electron chi connectivity index (χ1n) is 9.86. The van der Waals surface area contributed by atoms with Gasteiger partial charge in [-0.15, -0.1) is 0 Å². The molecule has 1 aromatic rings. The highest BCUT2D eigenvalue weighted by atomic mass is 16.5. The molecule has 1 aromatic carbocycles. The van der Waals surface area contributed by atoms with Gasteiger partial charge in [0.15, 0.2) is 0 Å². The van der Waals surface area contributed by atoms with Gasteiger partial charge in [0.05, 0.1) is 44.1 Å². The van der Waals surface area contributed by atoms with Gasteiger partial charge in [0.2, 0.25) is 5.41 Å². The van der Waals surface area contributed by atoms with Crippen molar-refractivity contribution in [3.05, 3.63) is 35.4 Å². The molecule has 3 atom stereocenters. The lowest BCUT2D eigenvalue weighted by molar-refractivity contribution is 0.174. The molecule has 1 aliphatic heterocycles. The monoisotopic (exact) mass is 403 g/mol. The number of benzene rings is 1.